The molecule has 17 heavy (non-hydrogen) atoms. The van der Waals surface area contributed by atoms with Crippen LogP contribution in [-0.2, 0) is 14.8 Å². The molecule has 0 saturated heterocycles. The van der Waals surface area contributed by atoms with Crippen molar-refractivity contribution < 1.29 is 13.2 Å². The van der Waals surface area contributed by atoms with Crippen LogP contribution in [0.25, 0.3) is 0 Å². The van der Waals surface area contributed by atoms with Gasteiger partial charge in [0.1, 0.15) is 0 Å². The summed E-state index contributed by atoms with van der Waals surface area (Å²) < 4.78 is 25.9. The van der Waals surface area contributed by atoms with Crippen molar-refractivity contribution in [3.63, 3.8) is 0 Å². The molecule has 96 valence electrons. The Labute approximate surface area is 104 Å². The normalized spacial score (nSPS) is 13.4. The molecule has 2 N–H and O–H groups in total. The summed E-state index contributed by atoms with van der Waals surface area (Å²) in [5.41, 5.74) is 0. The maximum absolute atomic E-state index is 11.8. The fourth-order valence-electron chi connectivity index (χ4n) is 0.918. The Hall–Kier alpha value is -1.06. The first-order valence-electron chi connectivity index (χ1n) is 4.98. The van der Waals surface area contributed by atoms with E-state index in [4.69, 9.17) is 0 Å². The number of hydrogen-bond donors (Lipinski definition) is 2. The average molecular weight is 278 g/mol. The van der Waals surface area contributed by atoms with E-state index in [1.165, 1.54) is 6.92 Å². The number of aromatic nitrogens is 2. The van der Waals surface area contributed by atoms with Gasteiger partial charge in [-0.2, -0.15) is 0 Å². The van der Waals surface area contributed by atoms with Crippen LogP contribution in [0, 0.1) is 0 Å². The van der Waals surface area contributed by atoms with Crippen molar-refractivity contribution in [2.75, 3.05) is 5.32 Å². The van der Waals surface area contributed by atoms with Gasteiger partial charge >= 0.3 is 0 Å². The van der Waals surface area contributed by atoms with Gasteiger partial charge in [-0.1, -0.05) is 18.3 Å². The minimum atomic E-state index is -3.64. The number of amides is 1. The Balaban J connectivity index is 2.85. The highest BCUT2D eigenvalue weighted by molar-refractivity contribution is 7.91. The second kappa shape index (κ2) is 5.52. The molecular formula is C8H14N4O3S2. The predicted molar refractivity (Wildman–Crippen MR) is 64.3 cm³/mol. The van der Waals surface area contributed by atoms with Gasteiger partial charge in [0.15, 0.2) is 0 Å². The Morgan fingerprint density at radius 2 is 2.12 bits per heavy atom. The number of hydrogen-bond acceptors (Lipinski definition) is 6. The van der Waals surface area contributed by atoms with Crippen LogP contribution in [0.2, 0.25) is 0 Å². The summed E-state index contributed by atoms with van der Waals surface area (Å²) in [6, 6.07) is -0.173. The molecule has 0 saturated carbocycles. The van der Waals surface area contributed by atoms with E-state index in [1.54, 1.807) is 6.92 Å². The number of anilines is 1. The molecule has 9 heteroatoms. The lowest BCUT2D eigenvalue weighted by Gasteiger charge is -2.08. The third-order valence-electron chi connectivity index (χ3n) is 1.89. The lowest BCUT2D eigenvalue weighted by Crippen LogP contribution is -2.31. The molecule has 0 aliphatic heterocycles. The quantitative estimate of drug-likeness (QED) is 0.767. The van der Waals surface area contributed by atoms with Crippen LogP contribution < -0.4 is 10.0 Å². The molecule has 0 radical (unpaired) electrons. The smallest absolute Gasteiger partial charge is 0.270 e. The van der Waals surface area contributed by atoms with Gasteiger partial charge < -0.3 is 5.32 Å². The highest BCUT2D eigenvalue weighted by Gasteiger charge is 2.21. The zero-order chi connectivity index (χ0) is 13.1. The van der Waals surface area contributed by atoms with Crippen molar-refractivity contribution in [2.45, 2.75) is 37.6 Å². The molecule has 1 aromatic rings. The molecule has 0 unspecified atom stereocenters. The summed E-state index contributed by atoms with van der Waals surface area (Å²) in [6.45, 7) is 4.94. The van der Waals surface area contributed by atoms with E-state index >= 15 is 0 Å². The fraction of sp³-hybridized carbons (Fsp3) is 0.625. The van der Waals surface area contributed by atoms with E-state index in [1.807, 2.05) is 6.92 Å². The SMILES string of the molecule is CC[C@H](C)NS(=O)(=O)c1nnc(NC(C)=O)s1. The second-order valence-corrected chi connectivity index (χ2v) is 6.35. The summed E-state index contributed by atoms with van der Waals surface area (Å²) in [7, 11) is -3.64. The zero-order valence-corrected chi connectivity index (χ0v) is 11.4. The highest BCUT2D eigenvalue weighted by Crippen LogP contribution is 2.19. The first-order chi connectivity index (χ1) is 7.85. The number of nitrogens with zero attached hydrogens (tertiary/aromatic N) is 2. The fourth-order valence-corrected chi connectivity index (χ4v) is 3.21. The number of carbonyl (C=O) groups excluding carboxylic acids is 1. The highest BCUT2D eigenvalue weighted by atomic mass is 32.2. The zero-order valence-electron chi connectivity index (χ0n) is 9.72. The van der Waals surface area contributed by atoms with Crippen molar-refractivity contribution in [1.82, 2.24) is 14.9 Å². The summed E-state index contributed by atoms with van der Waals surface area (Å²) in [4.78, 5) is 10.8. The number of nitrogens with one attached hydrogen (secondary N) is 2. The van der Waals surface area contributed by atoms with Crippen LogP contribution >= 0.6 is 11.3 Å². The molecule has 0 spiro atoms. The van der Waals surface area contributed by atoms with Crippen LogP contribution in [-0.4, -0.2) is 30.6 Å². The Morgan fingerprint density at radius 1 is 1.47 bits per heavy atom. The number of sulfonamides is 1. The van der Waals surface area contributed by atoms with Crippen molar-refractivity contribution >= 4 is 32.4 Å². The van der Waals surface area contributed by atoms with Gasteiger partial charge in [-0.3, -0.25) is 4.79 Å². The third kappa shape index (κ3) is 4.02. The summed E-state index contributed by atoms with van der Waals surface area (Å²) in [5.74, 6) is -0.319. The van der Waals surface area contributed by atoms with Crippen molar-refractivity contribution in [1.29, 1.82) is 0 Å². The van der Waals surface area contributed by atoms with Gasteiger partial charge in [0.25, 0.3) is 10.0 Å². The molecular weight excluding hydrogens is 264 g/mol. The van der Waals surface area contributed by atoms with E-state index in [0.717, 1.165) is 11.3 Å². The van der Waals surface area contributed by atoms with Crippen LogP contribution in [0.1, 0.15) is 27.2 Å². The summed E-state index contributed by atoms with van der Waals surface area (Å²) >= 11 is 0.816. The molecule has 1 rings (SSSR count). The molecule has 1 aromatic heterocycles. The number of carbonyl (C=O) groups is 1. The largest absolute Gasteiger partial charge is 0.301 e. The van der Waals surface area contributed by atoms with Gasteiger partial charge in [0, 0.05) is 13.0 Å². The van der Waals surface area contributed by atoms with E-state index in [2.05, 4.69) is 20.2 Å². The van der Waals surface area contributed by atoms with Gasteiger partial charge in [0.05, 0.1) is 0 Å². The third-order valence-corrected chi connectivity index (χ3v) is 4.68. The van der Waals surface area contributed by atoms with E-state index in [-0.39, 0.29) is 21.4 Å². The topological polar surface area (TPSA) is 101 Å². The van der Waals surface area contributed by atoms with Crippen molar-refractivity contribution in [2.24, 2.45) is 0 Å². The van der Waals surface area contributed by atoms with Crippen molar-refractivity contribution in [3.05, 3.63) is 0 Å². The Morgan fingerprint density at radius 3 is 2.65 bits per heavy atom. The van der Waals surface area contributed by atoms with E-state index < -0.39 is 10.0 Å². The molecule has 1 heterocycles. The maximum atomic E-state index is 11.8. The lowest BCUT2D eigenvalue weighted by molar-refractivity contribution is -0.114. The van der Waals surface area contributed by atoms with Crippen LogP contribution in [0.15, 0.2) is 4.34 Å². The number of rotatable bonds is 5. The van der Waals surface area contributed by atoms with Gasteiger partial charge in [-0.05, 0) is 13.3 Å². The molecule has 1 atom stereocenters. The maximum Gasteiger partial charge on any atom is 0.270 e. The summed E-state index contributed by atoms with van der Waals surface area (Å²) in [5, 5.41) is 9.65. The first-order valence-corrected chi connectivity index (χ1v) is 7.28. The standard InChI is InChI=1S/C8H14N4O3S2/c1-4-5(2)12-17(14,15)8-11-10-7(16-8)9-6(3)13/h5,12H,4H2,1-3H3,(H,9,10,13)/t5-/m0/s1. The van der Waals surface area contributed by atoms with E-state index in [0.29, 0.717) is 6.42 Å². The Bertz CT molecular complexity index is 497. The monoisotopic (exact) mass is 278 g/mol. The molecule has 0 aliphatic rings. The summed E-state index contributed by atoms with van der Waals surface area (Å²) in [6.07, 6.45) is 0.677. The lowest BCUT2D eigenvalue weighted by atomic mass is 10.3. The van der Waals surface area contributed by atoms with Gasteiger partial charge in [0.2, 0.25) is 15.4 Å². The van der Waals surface area contributed by atoms with Crippen LogP contribution in [0.5, 0.6) is 0 Å². The van der Waals surface area contributed by atoms with E-state index in [9.17, 15) is 13.2 Å². The minimum Gasteiger partial charge on any atom is -0.301 e. The molecule has 0 aromatic carbocycles. The average Bonchev–Trinajstić information content (AvgIpc) is 2.65. The molecule has 0 aliphatic carbocycles. The molecule has 0 bridgehead atoms. The molecule has 1 amide bonds. The molecule has 7 nitrogen and oxygen atoms in total. The first kappa shape index (κ1) is 14.0. The van der Waals surface area contributed by atoms with Crippen molar-refractivity contribution in [3.8, 4) is 0 Å². The van der Waals surface area contributed by atoms with Crippen LogP contribution in [0.3, 0.4) is 0 Å². The van der Waals surface area contributed by atoms with Crippen LogP contribution in [0.4, 0.5) is 5.13 Å². The predicted octanol–water partition coefficient (Wildman–Crippen LogP) is 0.573. The second-order valence-electron chi connectivity index (χ2n) is 3.48. The Kier molecular flexibility index (Phi) is 4.54. The molecule has 0 fully saturated rings. The van der Waals surface area contributed by atoms with Gasteiger partial charge in [-0.25, -0.2) is 13.1 Å². The van der Waals surface area contributed by atoms with Gasteiger partial charge in [-0.15, -0.1) is 10.2 Å². The minimum absolute atomic E-state index is 0.151.